The second kappa shape index (κ2) is 9.78. The Morgan fingerprint density at radius 3 is 2.41 bits per heavy atom. The highest BCUT2D eigenvalue weighted by Crippen LogP contribution is 2.29. The number of nitrogens with zero attached hydrogens (tertiary/aromatic N) is 1. The normalized spacial score (nSPS) is 15.2. The van der Waals surface area contributed by atoms with E-state index in [0.717, 1.165) is 4.90 Å². The van der Waals surface area contributed by atoms with Gasteiger partial charge in [0, 0.05) is 0 Å². The third-order valence-electron chi connectivity index (χ3n) is 4.37. The van der Waals surface area contributed by atoms with Crippen LogP contribution in [0.15, 0.2) is 52.5 Å². The number of urea groups is 1. The Morgan fingerprint density at radius 2 is 1.81 bits per heavy atom. The molecule has 1 fully saturated rings. The summed E-state index contributed by atoms with van der Waals surface area (Å²) < 4.78 is 11.2. The van der Waals surface area contributed by atoms with E-state index in [9.17, 15) is 19.2 Å². The van der Waals surface area contributed by atoms with E-state index >= 15 is 0 Å². The van der Waals surface area contributed by atoms with Gasteiger partial charge in [0.15, 0.2) is 0 Å². The largest absolute Gasteiger partial charge is 0.490 e. The van der Waals surface area contributed by atoms with Crippen molar-refractivity contribution in [1.82, 2.24) is 5.32 Å². The van der Waals surface area contributed by atoms with Crippen molar-refractivity contribution < 1.29 is 28.7 Å². The second-order valence-corrected chi connectivity index (χ2v) is 7.94. The van der Waals surface area contributed by atoms with Gasteiger partial charge in [0.1, 0.15) is 11.3 Å². The van der Waals surface area contributed by atoms with Crippen LogP contribution < -0.4 is 15.0 Å². The third kappa shape index (κ3) is 5.05. The van der Waals surface area contributed by atoms with Gasteiger partial charge in [-0.3, -0.25) is 14.9 Å². The summed E-state index contributed by atoms with van der Waals surface area (Å²) in [7, 11) is 0. The molecule has 32 heavy (non-hydrogen) atoms. The molecule has 1 aliphatic rings. The van der Waals surface area contributed by atoms with Crippen LogP contribution in [-0.2, 0) is 14.3 Å². The van der Waals surface area contributed by atoms with Crippen LogP contribution in [0.1, 0.15) is 36.7 Å². The van der Waals surface area contributed by atoms with Crippen LogP contribution >= 0.6 is 15.9 Å². The maximum atomic E-state index is 13.0. The number of ether oxygens (including phenoxy) is 2. The Hall–Kier alpha value is -3.46. The summed E-state index contributed by atoms with van der Waals surface area (Å²) in [6.45, 7) is 5.72. The quantitative estimate of drug-likeness (QED) is 0.364. The van der Waals surface area contributed by atoms with Crippen LogP contribution in [0, 0.1) is 0 Å². The van der Waals surface area contributed by atoms with E-state index < -0.39 is 23.8 Å². The number of esters is 1. The van der Waals surface area contributed by atoms with Crippen LogP contribution in [0.3, 0.4) is 0 Å². The number of rotatable bonds is 6. The lowest BCUT2D eigenvalue weighted by molar-refractivity contribution is -0.122. The van der Waals surface area contributed by atoms with Gasteiger partial charge < -0.3 is 9.47 Å². The van der Waals surface area contributed by atoms with Gasteiger partial charge in [0.2, 0.25) is 0 Å². The second-order valence-electron chi connectivity index (χ2n) is 7.08. The molecule has 0 atom stereocenters. The monoisotopic (exact) mass is 500 g/mol. The summed E-state index contributed by atoms with van der Waals surface area (Å²) in [6.07, 6.45) is 1.38. The van der Waals surface area contributed by atoms with Crippen molar-refractivity contribution in [3.05, 3.63) is 63.6 Å². The molecule has 1 heterocycles. The van der Waals surface area contributed by atoms with Crippen molar-refractivity contribution in [2.45, 2.75) is 26.9 Å². The molecule has 2 aromatic carbocycles. The van der Waals surface area contributed by atoms with Crippen LogP contribution in [0.2, 0.25) is 0 Å². The number of barbiturate groups is 1. The molecule has 0 spiro atoms. The minimum absolute atomic E-state index is 0.0176. The molecular formula is C23H21BrN2O6. The minimum Gasteiger partial charge on any atom is -0.490 e. The fourth-order valence-electron chi connectivity index (χ4n) is 2.98. The molecule has 0 bridgehead atoms. The highest BCUT2D eigenvalue weighted by atomic mass is 79.9. The van der Waals surface area contributed by atoms with Crippen molar-refractivity contribution in [1.29, 1.82) is 0 Å². The predicted octanol–water partition coefficient (Wildman–Crippen LogP) is 4.08. The number of halogens is 1. The summed E-state index contributed by atoms with van der Waals surface area (Å²) >= 11 is 3.42. The molecule has 2 aromatic rings. The molecule has 0 unspecified atom stereocenters. The molecule has 3 rings (SSSR count). The number of hydrogen-bond donors (Lipinski definition) is 1. The fraction of sp³-hybridized carbons (Fsp3) is 0.217. The van der Waals surface area contributed by atoms with Crippen LogP contribution in [0.5, 0.6) is 5.75 Å². The van der Waals surface area contributed by atoms with Gasteiger partial charge in [-0.2, -0.15) is 0 Å². The number of carbonyl (C=O) groups is 4. The van der Waals surface area contributed by atoms with Crippen LogP contribution in [0.4, 0.5) is 10.5 Å². The molecule has 8 nitrogen and oxygen atoms in total. The molecule has 1 saturated heterocycles. The van der Waals surface area contributed by atoms with Crippen molar-refractivity contribution in [3.8, 4) is 5.75 Å². The maximum Gasteiger partial charge on any atom is 0.338 e. The molecule has 0 radical (unpaired) electrons. The molecule has 1 aliphatic heterocycles. The first kappa shape index (κ1) is 23.2. The number of amides is 4. The lowest BCUT2D eigenvalue weighted by atomic mass is 10.1. The lowest BCUT2D eigenvalue weighted by Gasteiger charge is -2.26. The van der Waals surface area contributed by atoms with Crippen molar-refractivity contribution in [2.24, 2.45) is 0 Å². The highest BCUT2D eigenvalue weighted by Gasteiger charge is 2.36. The lowest BCUT2D eigenvalue weighted by Crippen LogP contribution is -2.54. The van der Waals surface area contributed by atoms with Gasteiger partial charge in [0.25, 0.3) is 11.8 Å². The zero-order valence-electron chi connectivity index (χ0n) is 17.7. The van der Waals surface area contributed by atoms with Gasteiger partial charge in [0.05, 0.1) is 28.4 Å². The summed E-state index contributed by atoms with van der Waals surface area (Å²) in [5.74, 6) is -1.46. The smallest absolute Gasteiger partial charge is 0.338 e. The molecule has 0 aliphatic carbocycles. The number of imide groups is 2. The average Bonchev–Trinajstić information content (AvgIpc) is 2.73. The molecule has 0 saturated carbocycles. The Kier molecular flexibility index (Phi) is 7.09. The SMILES string of the molecule is CCOC(=O)c1ccc(N2C(=O)NC(=O)/C(=C\c3ccc(OC(C)C)c(Br)c3)C2=O)cc1. The summed E-state index contributed by atoms with van der Waals surface area (Å²) in [5.41, 5.74) is 0.851. The van der Waals surface area contributed by atoms with E-state index in [4.69, 9.17) is 9.47 Å². The molecule has 1 N–H and O–H groups in total. The predicted molar refractivity (Wildman–Crippen MR) is 121 cm³/mol. The highest BCUT2D eigenvalue weighted by molar-refractivity contribution is 9.10. The minimum atomic E-state index is -0.872. The van der Waals surface area contributed by atoms with Crippen molar-refractivity contribution >= 4 is 51.5 Å². The number of hydrogen-bond acceptors (Lipinski definition) is 6. The Balaban J connectivity index is 1.90. The molecule has 9 heteroatoms. The van der Waals surface area contributed by atoms with Gasteiger partial charge in [-0.1, -0.05) is 6.07 Å². The van der Waals surface area contributed by atoms with Crippen LogP contribution in [0.25, 0.3) is 6.08 Å². The molecule has 166 valence electrons. The zero-order chi connectivity index (χ0) is 23.4. The zero-order valence-corrected chi connectivity index (χ0v) is 19.3. The van der Waals surface area contributed by atoms with E-state index in [-0.39, 0.29) is 29.5 Å². The van der Waals surface area contributed by atoms with E-state index in [1.54, 1.807) is 25.1 Å². The summed E-state index contributed by atoms with van der Waals surface area (Å²) in [6, 6.07) is 10.0. The first-order valence-electron chi connectivity index (χ1n) is 9.86. The molecular weight excluding hydrogens is 480 g/mol. The van der Waals surface area contributed by atoms with E-state index in [2.05, 4.69) is 21.2 Å². The average molecular weight is 501 g/mol. The Morgan fingerprint density at radius 1 is 1.12 bits per heavy atom. The summed E-state index contributed by atoms with van der Waals surface area (Å²) in [5, 5.41) is 2.17. The van der Waals surface area contributed by atoms with Gasteiger partial charge >= 0.3 is 12.0 Å². The van der Waals surface area contributed by atoms with Crippen molar-refractivity contribution in [3.63, 3.8) is 0 Å². The topological polar surface area (TPSA) is 102 Å². The van der Waals surface area contributed by atoms with Crippen molar-refractivity contribution in [2.75, 3.05) is 11.5 Å². The van der Waals surface area contributed by atoms with Gasteiger partial charge in [-0.05, 0) is 84.7 Å². The Labute approximate surface area is 193 Å². The molecule has 0 aromatic heterocycles. The maximum absolute atomic E-state index is 13.0. The first-order chi connectivity index (χ1) is 15.2. The number of nitrogens with one attached hydrogen (secondary N) is 1. The number of carbonyl (C=O) groups excluding carboxylic acids is 4. The molecule has 4 amide bonds. The standard InChI is InChI=1S/C23H21BrN2O6/c1-4-31-22(29)15-6-8-16(9-7-15)26-21(28)17(20(27)25-23(26)30)11-14-5-10-19(18(24)12-14)32-13(2)3/h5-13H,4H2,1-3H3,(H,25,27,30)/b17-11+. The van der Waals surface area contributed by atoms with Gasteiger partial charge in [-0.15, -0.1) is 0 Å². The van der Waals surface area contributed by atoms with Crippen LogP contribution in [-0.4, -0.2) is 36.5 Å². The van der Waals surface area contributed by atoms with E-state index in [1.165, 1.54) is 30.3 Å². The summed E-state index contributed by atoms with van der Waals surface area (Å²) in [4.78, 5) is 50.4. The first-order valence-corrected chi connectivity index (χ1v) is 10.7. The fourth-order valence-corrected chi connectivity index (χ4v) is 3.47. The van der Waals surface area contributed by atoms with E-state index in [1.807, 2.05) is 13.8 Å². The Bertz CT molecular complexity index is 1110. The number of benzene rings is 2. The third-order valence-corrected chi connectivity index (χ3v) is 4.99. The van der Waals surface area contributed by atoms with Gasteiger partial charge in [-0.25, -0.2) is 14.5 Å². The number of anilines is 1. The van der Waals surface area contributed by atoms with E-state index in [0.29, 0.717) is 15.8 Å².